The van der Waals surface area contributed by atoms with Gasteiger partial charge in [0.05, 0.1) is 10.7 Å². The molecule has 7 heteroatoms. The molecule has 0 spiro atoms. The number of nitrogens with two attached hydrogens (primary N) is 1. The summed E-state index contributed by atoms with van der Waals surface area (Å²) in [4.78, 5) is 11.9. The predicted octanol–water partition coefficient (Wildman–Crippen LogP) is 1.50. The van der Waals surface area contributed by atoms with Gasteiger partial charge in [-0.05, 0) is 23.9 Å². The minimum absolute atomic E-state index is 0.261. The van der Waals surface area contributed by atoms with Crippen LogP contribution in [0, 0.1) is 0 Å². The first-order chi connectivity index (χ1) is 7.59. The average molecular weight is 257 g/mol. The number of rotatable bonds is 2. The number of aromatic nitrogens is 3. The lowest BCUT2D eigenvalue weighted by atomic mass is 10.3. The zero-order valence-electron chi connectivity index (χ0n) is 8.40. The molecule has 2 rings (SSSR count). The summed E-state index contributed by atoms with van der Waals surface area (Å²) < 4.78 is 1.41. The molecule has 0 fully saturated rings. The smallest absolute Gasteiger partial charge is 0.343 e. The maximum atomic E-state index is 11.2. The van der Waals surface area contributed by atoms with E-state index < -0.39 is 0 Å². The maximum Gasteiger partial charge on any atom is 0.343 e. The Balaban J connectivity index is 2.38. The van der Waals surface area contributed by atoms with Crippen molar-refractivity contribution in [3.63, 3.8) is 0 Å². The number of aromatic amines is 1. The van der Waals surface area contributed by atoms with Gasteiger partial charge in [-0.25, -0.2) is 9.89 Å². The van der Waals surface area contributed by atoms with Crippen LogP contribution in [-0.4, -0.2) is 14.8 Å². The number of hydrogen-bond donors (Lipinski definition) is 2. The summed E-state index contributed by atoms with van der Waals surface area (Å²) in [6.45, 7) is 0. The van der Waals surface area contributed by atoms with E-state index in [0.717, 1.165) is 4.90 Å². The number of benzene rings is 1. The van der Waals surface area contributed by atoms with Gasteiger partial charge in [-0.3, -0.25) is 4.57 Å². The molecular formula is C9H9ClN4OS. The van der Waals surface area contributed by atoms with Crippen LogP contribution >= 0.6 is 23.4 Å². The Kier molecular flexibility index (Phi) is 2.93. The fourth-order valence-corrected chi connectivity index (χ4v) is 2.23. The zero-order chi connectivity index (χ0) is 11.7. The second kappa shape index (κ2) is 4.23. The van der Waals surface area contributed by atoms with Gasteiger partial charge in [-0.15, -0.1) is 5.10 Å². The maximum absolute atomic E-state index is 11.2. The largest absolute Gasteiger partial charge is 0.397 e. The molecular weight excluding hydrogens is 248 g/mol. The van der Waals surface area contributed by atoms with E-state index in [9.17, 15) is 4.79 Å². The van der Waals surface area contributed by atoms with Gasteiger partial charge in [-0.1, -0.05) is 17.7 Å². The SMILES string of the molecule is Cn1c(Sc2cccc(Cl)c2N)n[nH]c1=O. The van der Waals surface area contributed by atoms with Crippen LogP contribution in [0.4, 0.5) is 5.69 Å². The van der Waals surface area contributed by atoms with Crippen molar-refractivity contribution in [1.82, 2.24) is 14.8 Å². The van der Waals surface area contributed by atoms with Gasteiger partial charge in [0.25, 0.3) is 0 Å². The third kappa shape index (κ3) is 1.94. The molecule has 0 amide bonds. The van der Waals surface area contributed by atoms with Crippen LogP contribution in [0.15, 0.2) is 33.0 Å². The van der Waals surface area contributed by atoms with E-state index in [1.807, 2.05) is 6.07 Å². The van der Waals surface area contributed by atoms with Crippen molar-refractivity contribution in [3.8, 4) is 0 Å². The summed E-state index contributed by atoms with van der Waals surface area (Å²) in [7, 11) is 1.63. The van der Waals surface area contributed by atoms with Crippen molar-refractivity contribution in [2.24, 2.45) is 7.05 Å². The first-order valence-electron chi connectivity index (χ1n) is 4.43. The summed E-state index contributed by atoms with van der Waals surface area (Å²) >= 11 is 7.18. The Bertz CT molecular complexity index is 577. The molecule has 3 N–H and O–H groups in total. The first kappa shape index (κ1) is 11.1. The standard InChI is InChI=1S/C9H9ClN4OS/c1-14-8(15)12-13-9(14)16-6-4-2-3-5(10)7(6)11/h2-4H,11H2,1H3,(H,12,15). The highest BCUT2D eigenvalue weighted by molar-refractivity contribution is 7.99. The molecule has 0 atom stereocenters. The number of H-pyrrole nitrogens is 1. The lowest BCUT2D eigenvalue weighted by Crippen LogP contribution is -2.12. The highest BCUT2D eigenvalue weighted by Crippen LogP contribution is 2.33. The van der Waals surface area contributed by atoms with Crippen molar-refractivity contribution in [2.45, 2.75) is 10.1 Å². The van der Waals surface area contributed by atoms with Crippen molar-refractivity contribution in [3.05, 3.63) is 33.7 Å². The van der Waals surface area contributed by atoms with Crippen molar-refractivity contribution >= 4 is 29.1 Å². The molecule has 1 aromatic carbocycles. The Labute approximate surface area is 101 Å². The minimum Gasteiger partial charge on any atom is -0.397 e. The number of nitrogen functional groups attached to an aromatic ring is 1. The molecule has 1 heterocycles. The van der Waals surface area contributed by atoms with E-state index in [1.54, 1.807) is 19.2 Å². The second-order valence-electron chi connectivity index (χ2n) is 3.12. The Hall–Kier alpha value is -1.40. The molecule has 1 aromatic heterocycles. The van der Waals surface area contributed by atoms with E-state index in [2.05, 4.69) is 10.2 Å². The van der Waals surface area contributed by atoms with E-state index in [-0.39, 0.29) is 5.69 Å². The normalized spacial score (nSPS) is 10.6. The van der Waals surface area contributed by atoms with Gasteiger partial charge in [-0.2, -0.15) is 0 Å². The van der Waals surface area contributed by atoms with Gasteiger partial charge in [0.1, 0.15) is 0 Å². The highest BCUT2D eigenvalue weighted by Gasteiger charge is 2.09. The number of para-hydroxylation sites is 1. The minimum atomic E-state index is -0.261. The van der Waals surface area contributed by atoms with Gasteiger partial charge < -0.3 is 5.73 Å². The molecule has 16 heavy (non-hydrogen) atoms. The Morgan fingerprint density at radius 3 is 2.94 bits per heavy atom. The van der Waals surface area contributed by atoms with Crippen molar-refractivity contribution in [1.29, 1.82) is 0 Å². The molecule has 0 unspecified atom stereocenters. The molecule has 2 aromatic rings. The zero-order valence-corrected chi connectivity index (χ0v) is 9.97. The predicted molar refractivity (Wildman–Crippen MR) is 63.8 cm³/mol. The molecule has 0 radical (unpaired) electrons. The molecule has 0 bridgehead atoms. The summed E-state index contributed by atoms with van der Waals surface area (Å²) in [6.07, 6.45) is 0. The van der Waals surface area contributed by atoms with E-state index >= 15 is 0 Å². The summed E-state index contributed by atoms with van der Waals surface area (Å²) in [6, 6.07) is 5.33. The van der Waals surface area contributed by atoms with Crippen molar-refractivity contribution in [2.75, 3.05) is 5.73 Å². The number of nitrogens with one attached hydrogen (secondary N) is 1. The van der Waals surface area contributed by atoms with Crippen LogP contribution in [0.25, 0.3) is 0 Å². The molecule has 0 aliphatic heterocycles. The lowest BCUT2D eigenvalue weighted by molar-refractivity contribution is 0.766. The van der Waals surface area contributed by atoms with Crippen LogP contribution in [0.3, 0.4) is 0 Å². The first-order valence-corrected chi connectivity index (χ1v) is 5.62. The lowest BCUT2D eigenvalue weighted by Gasteiger charge is -2.05. The fourth-order valence-electron chi connectivity index (χ4n) is 1.13. The molecule has 0 aliphatic carbocycles. The quantitative estimate of drug-likeness (QED) is 0.799. The fraction of sp³-hybridized carbons (Fsp3) is 0.111. The summed E-state index contributed by atoms with van der Waals surface area (Å²) in [5.41, 5.74) is 6.04. The Morgan fingerprint density at radius 2 is 2.31 bits per heavy atom. The van der Waals surface area contributed by atoms with Crippen LogP contribution in [-0.2, 0) is 7.05 Å². The number of halogens is 1. The number of hydrogen-bond acceptors (Lipinski definition) is 4. The third-order valence-electron chi connectivity index (χ3n) is 2.05. The van der Waals surface area contributed by atoms with E-state index in [4.69, 9.17) is 17.3 Å². The summed E-state index contributed by atoms with van der Waals surface area (Å²) in [5, 5.41) is 7.26. The topological polar surface area (TPSA) is 76.7 Å². The number of nitrogens with zero attached hydrogens (tertiary/aromatic N) is 2. The summed E-state index contributed by atoms with van der Waals surface area (Å²) in [5.74, 6) is 0. The molecule has 0 aliphatic rings. The van der Waals surface area contributed by atoms with Crippen LogP contribution < -0.4 is 11.4 Å². The van der Waals surface area contributed by atoms with E-state index in [0.29, 0.717) is 15.9 Å². The second-order valence-corrected chi connectivity index (χ2v) is 4.54. The van der Waals surface area contributed by atoms with Gasteiger partial charge in [0.2, 0.25) is 0 Å². The van der Waals surface area contributed by atoms with Crippen LogP contribution in [0.1, 0.15) is 0 Å². The van der Waals surface area contributed by atoms with Crippen molar-refractivity contribution < 1.29 is 0 Å². The van der Waals surface area contributed by atoms with Crippen LogP contribution in [0.2, 0.25) is 5.02 Å². The van der Waals surface area contributed by atoms with Gasteiger partial charge in [0.15, 0.2) is 5.16 Å². The molecule has 5 nitrogen and oxygen atoms in total. The van der Waals surface area contributed by atoms with Gasteiger partial charge in [0, 0.05) is 11.9 Å². The molecule has 0 saturated heterocycles. The highest BCUT2D eigenvalue weighted by atomic mass is 35.5. The number of anilines is 1. The van der Waals surface area contributed by atoms with E-state index in [1.165, 1.54) is 16.3 Å². The monoisotopic (exact) mass is 256 g/mol. The third-order valence-corrected chi connectivity index (χ3v) is 3.51. The van der Waals surface area contributed by atoms with Crippen LogP contribution in [0.5, 0.6) is 0 Å². The van der Waals surface area contributed by atoms with Gasteiger partial charge >= 0.3 is 5.69 Å². The molecule has 0 saturated carbocycles. The average Bonchev–Trinajstić information content (AvgIpc) is 2.57. The molecule has 84 valence electrons. The Morgan fingerprint density at radius 1 is 1.56 bits per heavy atom.